The molecule has 1 heterocycles. The van der Waals surface area contributed by atoms with Crippen LogP contribution in [-0.4, -0.2) is 24.2 Å². The van der Waals surface area contributed by atoms with Crippen molar-refractivity contribution in [3.05, 3.63) is 19.3 Å². The normalized spacial score (nSPS) is 20.0. The number of hydrogen-bond donors (Lipinski definition) is 0. The van der Waals surface area contributed by atoms with Gasteiger partial charge in [-0.05, 0) is 6.42 Å². The minimum Gasteiger partial charge on any atom is -0.269 e. The van der Waals surface area contributed by atoms with E-state index in [4.69, 9.17) is 0 Å². The molecule has 0 fully saturated rings. The summed E-state index contributed by atoms with van der Waals surface area (Å²) in [6.45, 7) is 8.35. The van der Waals surface area contributed by atoms with E-state index in [9.17, 15) is 0 Å². The monoisotopic (exact) mass is 122 g/mol. The number of rotatable bonds is 2. The van der Waals surface area contributed by atoms with E-state index in [0.717, 1.165) is 19.5 Å². The first-order valence-electron chi connectivity index (χ1n) is 3.06. The van der Waals surface area contributed by atoms with Crippen molar-refractivity contribution in [3.8, 4) is 0 Å². The first kappa shape index (κ1) is 6.49. The maximum Gasteiger partial charge on any atom is 0.198 e. The van der Waals surface area contributed by atoms with Gasteiger partial charge in [0.1, 0.15) is 0 Å². The Kier molecular flexibility index (Phi) is 2.46. The third-order valence-electron chi connectivity index (χ3n) is 1.17. The minimum absolute atomic E-state index is 0.858. The Hall–Kier alpha value is -0.630. The Morgan fingerprint density at radius 1 is 1.89 bits per heavy atom. The van der Waals surface area contributed by atoms with E-state index in [-0.39, 0.29) is 0 Å². The van der Waals surface area contributed by atoms with E-state index in [1.54, 1.807) is 0 Å². The fourth-order valence-electron chi connectivity index (χ4n) is 0.739. The molecule has 0 spiro atoms. The van der Waals surface area contributed by atoms with E-state index in [1.165, 1.54) is 0 Å². The van der Waals surface area contributed by atoms with Crippen LogP contribution in [0.5, 0.6) is 0 Å². The lowest BCUT2D eigenvalue weighted by Gasteiger charge is -2.17. The molecule has 48 valence electrons. The van der Waals surface area contributed by atoms with E-state index in [0.29, 0.717) is 0 Å². The largest absolute Gasteiger partial charge is 0.269 e. The van der Waals surface area contributed by atoms with E-state index in [1.807, 2.05) is 17.2 Å². The van der Waals surface area contributed by atoms with Gasteiger partial charge in [-0.25, -0.2) is 0 Å². The van der Waals surface area contributed by atoms with Crippen LogP contribution in [0.25, 0.3) is 0 Å². The van der Waals surface area contributed by atoms with E-state index < -0.39 is 0 Å². The van der Waals surface area contributed by atoms with Crippen LogP contribution in [0.4, 0.5) is 0 Å². The fraction of sp³-hybridized carbons (Fsp3) is 0.429. The molecule has 9 heavy (non-hydrogen) atoms. The zero-order valence-electron chi connectivity index (χ0n) is 5.38. The van der Waals surface area contributed by atoms with Crippen molar-refractivity contribution >= 4 is 6.21 Å². The molecule has 0 aliphatic carbocycles. The smallest absolute Gasteiger partial charge is 0.198 e. The maximum atomic E-state index is 3.88. The van der Waals surface area contributed by atoms with Crippen molar-refractivity contribution in [1.82, 2.24) is 4.90 Å². The van der Waals surface area contributed by atoms with Crippen molar-refractivity contribution in [3.63, 3.8) is 0 Å². The van der Waals surface area contributed by atoms with Gasteiger partial charge in [-0.3, -0.25) is 9.89 Å². The Morgan fingerprint density at radius 2 is 2.78 bits per heavy atom. The van der Waals surface area contributed by atoms with Crippen LogP contribution in [0.3, 0.4) is 0 Å². The van der Waals surface area contributed by atoms with Crippen LogP contribution in [0.15, 0.2) is 17.6 Å². The molecule has 0 aromatic carbocycles. The van der Waals surface area contributed by atoms with Crippen LogP contribution < -0.4 is 0 Å². The second-order valence-electron chi connectivity index (χ2n) is 1.94. The van der Waals surface area contributed by atoms with E-state index >= 15 is 0 Å². The standard InChI is InChI=1S/C7H10N2/c1-2-5-9-6-3-4-8-7-9/h2,4H,1,3,5-6H2. The second-order valence-corrected chi connectivity index (χ2v) is 1.94. The van der Waals surface area contributed by atoms with Gasteiger partial charge < -0.3 is 0 Å². The van der Waals surface area contributed by atoms with Gasteiger partial charge in [0.2, 0.25) is 0 Å². The third kappa shape index (κ3) is 1.98. The summed E-state index contributed by atoms with van der Waals surface area (Å²) in [6, 6.07) is 0. The summed E-state index contributed by atoms with van der Waals surface area (Å²) in [6.07, 6.45) is 4.76. The molecular formula is C7H10N2. The Labute approximate surface area is 55.9 Å². The molecule has 2 radical (unpaired) electrons. The summed E-state index contributed by atoms with van der Waals surface area (Å²) < 4.78 is 0. The van der Waals surface area contributed by atoms with Crippen molar-refractivity contribution in [1.29, 1.82) is 0 Å². The van der Waals surface area contributed by atoms with Gasteiger partial charge in [0.25, 0.3) is 0 Å². The zero-order valence-corrected chi connectivity index (χ0v) is 5.38. The molecular weight excluding hydrogens is 112 g/mol. The molecule has 0 bridgehead atoms. The van der Waals surface area contributed by atoms with Crippen molar-refractivity contribution in [2.45, 2.75) is 6.42 Å². The molecule has 2 heteroatoms. The summed E-state index contributed by atoms with van der Waals surface area (Å²) in [4.78, 5) is 5.89. The van der Waals surface area contributed by atoms with Crippen molar-refractivity contribution in [2.24, 2.45) is 4.99 Å². The molecule has 0 aromatic heterocycles. The molecule has 0 unspecified atom stereocenters. The number of aliphatic imine (C=N–C) groups is 1. The Balaban J connectivity index is 2.26. The summed E-state index contributed by atoms with van der Waals surface area (Å²) in [5.74, 6) is 0. The lowest BCUT2D eigenvalue weighted by Crippen LogP contribution is -2.24. The van der Waals surface area contributed by atoms with Crippen LogP contribution in [0, 0.1) is 6.67 Å². The van der Waals surface area contributed by atoms with Crippen LogP contribution in [0.1, 0.15) is 6.42 Å². The van der Waals surface area contributed by atoms with Crippen LogP contribution in [-0.2, 0) is 0 Å². The third-order valence-corrected chi connectivity index (χ3v) is 1.17. The van der Waals surface area contributed by atoms with Crippen LogP contribution in [0.2, 0.25) is 0 Å². The second kappa shape index (κ2) is 3.41. The molecule has 0 aromatic rings. The van der Waals surface area contributed by atoms with Gasteiger partial charge in [-0.2, -0.15) is 0 Å². The lowest BCUT2D eigenvalue weighted by atomic mass is 10.4. The topological polar surface area (TPSA) is 15.6 Å². The summed E-state index contributed by atoms with van der Waals surface area (Å²) in [5, 5.41) is 0. The fourth-order valence-corrected chi connectivity index (χ4v) is 0.739. The van der Waals surface area contributed by atoms with Gasteiger partial charge in [-0.1, -0.05) is 6.08 Å². The number of nitrogens with zero attached hydrogens (tertiary/aromatic N) is 2. The Bertz CT molecular complexity index is 118. The lowest BCUT2D eigenvalue weighted by molar-refractivity contribution is 0.371. The summed E-state index contributed by atoms with van der Waals surface area (Å²) >= 11 is 0. The molecule has 1 rings (SSSR count). The molecule has 0 saturated carbocycles. The quantitative estimate of drug-likeness (QED) is 0.498. The maximum absolute atomic E-state index is 3.88. The molecule has 0 amide bonds. The number of hydrogen-bond acceptors (Lipinski definition) is 2. The molecule has 1 aliphatic rings. The summed E-state index contributed by atoms with van der Waals surface area (Å²) in [7, 11) is 0. The molecule has 0 atom stereocenters. The highest BCUT2D eigenvalue weighted by Gasteiger charge is 2.04. The first-order valence-corrected chi connectivity index (χ1v) is 3.06. The van der Waals surface area contributed by atoms with E-state index in [2.05, 4.69) is 18.2 Å². The van der Waals surface area contributed by atoms with Gasteiger partial charge in [-0.15, -0.1) is 6.58 Å². The van der Waals surface area contributed by atoms with Crippen molar-refractivity contribution < 1.29 is 0 Å². The molecule has 1 aliphatic heterocycles. The Morgan fingerprint density at radius 3 is 3.33 bits per heavy atom. The van der Waals surface area contributed by atoms with Gasteiger partial charge in [0.15, 0.2) is 6.67 Å². The van der Waals surface area contributed by atoms with Gasteiger partial charge >= 0.3 is 0 Å². The molecule has 0 saturated heterocycles. The molecule has 0 N–H and O–H groups in total. The molecule has 2 nitrogen and oxygen atoms in total. The SMILES string of the molecule is C=CCN1[C]N=CCC1. The average Bonchev–Trinajstić information content (AvgIpc) is 1.91. The van der Waals surface area contributed by atoms with Gasteiger partial charge in [0, 0.05) is 19.3 Å². The first-order chi connectivity index (χ1) is 4.43. The predicted octanol–water partition coefficient (Wildman–Crippen LogP) is 0.945. The average molecular weight is 122 g/mol. The predicted molar refractivity (Wildman–Crippen MR) is 38.1 cm³/mol. The minimum atomic E-state index is 0.858. The van der Waals surface area contributed by atoms with Gasteiger partial charge in [0.05, 0.1) is 0 Å². The highest BCUT2D eigenvalue weighted by atomic mass is 15.2. The zero-order chi connectivity index (χ0) is 6.53. The van der Waals surface area contributed by atoms with Crippen LogP contribution >= 0.6 is 0 Å². The highest BCUT2D eigenvalue weighted by molar-refractivity contribution is 5.58. The highest BCUT2D eigenvalue weighted by Crippen LogP contribution is 2.00. The van der Waals surface area contributed by atoms with Crippen molar-refractivity contribution in [2.75, 3.05) is 13.1 Å². The summed E-state index contributed by atoms with van der Waals surface area (Å²) in [5.41, 5.74) is 0.